The van der Waals surface area contributed by atoms with Gasteiger partial charge in [0.25, 0.3) is 10.0 Å². The van der Waals surface area contributed by atoms with Crippen molar-refractivity contribution in [1.29, 1.82) is 0 Å². The van der Waals surface area contributed by atoms with E-state index in [0.717, 1.165) is 21.9 Å². The first-order chi connectivity index (χ1) is 19.5. The molecule has 0 bridgehead atoms. The summed E-state index contributed by atoms with van der Waals surface area (Å²) in [5, 5.41) is 3.47. The number of carbonyl (C=O) groups excluding carboxylic acids is 2. The molecule has 10 heteroatoms. The highest BCUT2D eigenvalue weighted by Crippen LogP contribution is 2.27. The Bertz CT molecular complexity index is 1410. The Morgan fingerprint density at radius 3 is 2.10 bits per heavy atom. The average Bonchev–Trinajstić information content (AvgIpc) is 2.95. The van der Waals surface area contributed by atoms with E-state index in [0.29, 0.717) is 23.1 Å². The highest BCUT2D eigenvalue weighted by atomic mass is 35.5. The lowest BCUT2D eigenvalue weighted by atomic mass is 10.1. The van der Waals surface area contributed by atoms with Crippen LogP contribution in [0.4, 0.5) is 5.69 Å². The summed E-state index contributed by atoms with van der Waals surface area (Å²) in [5.41, 5.74) is 1.95. The zero-order chi connectivity index (χ0) is 30.2. The molecule has 1 N–H and O–H groups in total. The molecule has 0 saturated heterocycles. The predicted molar refractivity (Wildman–Crippen MR) is 163 cm³/mol. The van der Waals surface area contributed by atoms with Gasteiger partial charge in [-0.2, -0.15) is 0 Å². The third-order valence-corrected chi connectivity index (χ3v) is 8.80. The van der Waals surface area contributed by atoms with Crippen LogP contribution in [0.3, 0.4) is 0 Å². The number of hydrogen-bond acceptors (Lipinski definition) is 5. The molecule has 0 saturated carbocycles. The number of hydrogen-bond donors (Lipinski definition) is 1. The number of rotatable bonds is 13. The third-order valence-electron chi connectivity index (χ3n) is 6.76. The first-order valence-corrected chi connectivity index (χ1v) is 15.4. The van der Waals surface area contributed by atoms with E-state index in [1.165, 1.54) is 17.0 Å². The van der Waals surface area contributed by atoms with Crippen molar-refractivity contribution in [2.45, 2.75) is 64.6 Å². The van der Waals surface area contributed by atoms with Crippen molar-refractivity contribution in [3.63, 3.8) is 0 Å². The first-order valence-electron chi connectivity index (χ1n) is 13.6. The molecule has 0 aromatic heterocycles. The molecule has 0 spiro atoms. The summed E-state index contributed by atoms with van der Waals surface area (Å²) in [6.45, 7) is 9.24. The lowest BCUT2D eigenvalue weighted by molar-refractivity contribution is -0.139. The Kier molecular flexibility index (Phi) is 11.2. The second-order valence-corrected chi connectivity index (χ2v) is 12.2. The Labute approximate surface area is 248 Å². The Morgan fingerprint density at radius 1 is 0.927 bits per heavy atom. The molecule has 2 atom stereocenters. The van der Waals surface area contributed by atoms with E-state index in [9.17, 15) is 18.0 Å². The molecule has 220 valence electrons. The van der Waals surface area contributed by atoms with Crippen LogP contribution in [-0.4, -0.2) is 50.4 Å². The predicted octanol–water partition coefficient (Wildman–Crippen LogP) is 5.57. The zero-order valence-electron chi connectivity index (χ0n) is 24.1. The molecule has 0 aliphatic carbocycles. The van der Waals surface area contributed by atoms with E-state index in [1.54, 1.807) is 67.6 Å². The Hall–Kier alpha value is -3.56. The summed E-state index contributed by atoms with van der Waals surface area (Å²) in [6.07, 6.45) is 0.726. The largest absolute Gasteiger partial charge is 0.494 e. The molecule has 0 unspecified atom stereocenters. The minimum absolute atomic E-state index is 0.0524. The van der Waals surface area contributed by atoms with Gasteiger partial charge in [-0.05, 0) is 88.2 Å². The van der Waals surface area contributed by atoms with Gasteiger partial charge >= 0.3 is 0 Å². The van der Waals surface area contributed by atoms with Gasteiger partial charge in [-0.3, -0.25) is 13.9 Å². The number of nitrogens with zero attached hydrogens (tertiary/aromatic N) is 2. The maximum absolute atomic E-state index is 14.0. The molecule has 0 heterocycles. The molecule has 3 aromatic rings. The number of ether oxygens (including phenoxy) is 1. The SMILES string of the molecule is CCOc1ccc(N(CC(=O)N(Cc2ccc(Cl)cc2)[C@@H](C)C(=O)N[C@@H](C)CC)S(=O)(=O)c2ccc(C)cc2)cc1. The van der Waals surface area contributed by atoms with E-state index in [-0.39, 0.29) is 23.4 Å². The number of benzene rings is 3. The van der Waals surface area contributed by atoms with Gasteiger partial charge in [0.05, 0.1) is 17.2 Å². The highest BCUT2D eigenvalue weighted by molar-refractivity contribution is 7.92. The van der Waals surface area contributed by atoms with Crippen LogP contribution in [0.1, 0.15) is 45.2 Å². The van der Waals surface area contributed by atoms with E-state index in [1.807, 2.05) is 27.7 Å². The van der Waals surface area contributed by atoms with Gasteiger partial charge in [0.2, 0.25) is 11.8 Å². The molecule has 0 radical (unpaired) electrons. The van der Waals surface area contributed by atoms with Crippen molar-refractivity contribution in [3.05, 3.63) is 88.9 Å². The maximum atomic E-state index is 14.0. The van der Waals surface area contributed by atoms with Crippen LogP contribution in [0, 0.1) is 6.92 Å². The molecular formula is C31H38ClN3O5S. The van der Waals surface area contributed by atoms with Crippen LogP contribution in [-0.2, 0) is 26.2 Å². The van der Waals surface area contributed by atoms with Gasteiger partial charge in [-0.1, -0.05) is 48.4 Å². The number of amides is 2. The van der Waals surface area contributed by atoms with Crippen LogP contribution in [0.15, 0.2) is 77.7 Å². The summed E-state index contributed by atoms with van der Waals surface area (Å²) >= 11 is 6.06. The highest BCUT2D eigenvalue weighted by Gasteiger charge is 2.32. The van der Waals surface area contributed by atoms with Crippen molar-refractivity contribution in [1.82, 2.24) is 10.2 Å². The number of aryl methyl sites for hydroxylation is 1. The van der Waals surface area contributed by atoms with Crippen molar-refractivity contribution >= 4 is 39.1 Å². The van der Waals surface area contributed by atoms with E-state index in [2.05, 4.69) is 5.32 Å². The van der Waals surface area contributed by atoms with Crippen LogP contribution < -0.4 is 14.4 Å². The molecule has 0 fully saturated rings. The summed E-state index contributed by atoms with van der Waals surface area (Å²) in [4.78, 5) is 28.6. The number of anilines is 1. The van der Waals surface area contributed by atoms with E-state index >= 15 is 0 Å². The maximum Gasteiger partial charge on any atom is 0.264 e. The summed E-state index contributed by atoms with van der Waals surface area (Å²) in [6, 6.07) is 19.0. The lowest BCUT2D eigenvalue weighted by Crippen LogP contribution is -2.52. The van der Waals surface area contributed by atoms with Gasteiger partial charge in [0.1, 0.15) is 18.3 Å². The fraction of sp³-hybridized carbons (Fsp3) is 0.355. The second kappa shape index (κ2) is 14.4. The normalized spacial score (nSPS) is 12.7. The molecule has 0 aliphatic rings. The zero-order valence-corrected chi connectivity index (χ0v) is 25.7. The van der Waals surface area contributed by atoms with Gasteiger partial charge in [0.15, 0.2) is 0 Å². The van der Waals surface area contributed by atoms with Crippen LogP contribution in [0.5, 0.6) is 5.75 Å². The smallest absolute Gasteiger partial charge is 0.264 e. The molecule has 0 aliphatic heterocycles. The van der Waals surface area contributed by atoms with Crippen molar-refractivity contribution in [2.24, 2.45) is 0 Å². The molecule has 3 aromatic carbocycles. The van der Waals surface area contributed by atoms with Gasteiger partial charge in [-0.25, -0.2) is 8.42 Å². The Morgan fingerprint density at radius 2 is 1.54 bits per heavy atom. The minimum Gasteiger partial charge on any atom is -0.494 e. The number of carbonyl (C=O) groups is 2. The third kappa shape index (κ3) is 8.47. The van der Waals surface area contributed by atoms with Crippen LogP contribution in [0.25, 0.3) is 0 Å². The van der Waals surface area contributed by atoms with E-state index < -0.39 is 28.5 Å². The van der Waals surface area contributed by atoms with Crippen molar-refractivity contribution in [3.8, 4) is 5.75 Å². The fourth-order valence-corrected chi connectivity index (χ4v) is 5.62. The van der Waals surface area contributed by atoms with Crippen LogP contribution >= 0.6 is 11.6 Å². The summed E-state index contributed by atoms with van der Waals surface area (Å²) in [5.74, 6) is -0.276. The average molecular weight is 600 g/mol. The second-order valence-electron chi connectivity index (χ2n) is 9.89. The monoisotopic (exact) mass is 599 g/mol. The van der Waals surface area contributed by atoms with Crippen LogP contribution in [0.2, 0.25) is 5.02 Å². The topological polar surface area (TPSA) is 96.0 Å². The quantitative estimate of drug-likeness (QED) is 0.277. The summed E-state index contributed by atoms with van der Waals surface area (Å²) in [7, 11) is -4.14. The van der Waals surface area contributed by atoms with Gasteiger partial charge in [0, 0.05) is 17.6 Å². The van der Waals surface area contributed by atoms with Crippen molar-refractivity contribution < 1.29 is 22.7 Å². The molecular weight excluding hydrogens is 562 g/mol. The Balaban J connectivity index is 2.02. The molecule has 8 nitrogen and oxygen atoms in total. The number of halogens is 1. The van der Waals surface area contributed by atoms with Gasteiger partial charge < -0.3 is 15.0 Å². The minimum atomic E-state index is -4.14. The standard InChI is InChI=1S/C31H38ClN3O5S/c1-6-23(4)33-31(37)24(5)34(20-25-10-12-26(32)13-11-25)30(36)21-35(27-14-16-28(17-15-27)40-7-2)41(38,39)29-18-8-22(3)9-19-29/h8-19,23-24H,6-7,20-21H2,1-5H3,(H,33,37)/t23-,24-/m0/s1. The van der Waals surface area contributed by atoms with Gasteiger partial charge in [-0.15, -0.1) is 0 Å². The lowest BCUT2D eigenvalue weighted by Gasteiger charge is -2.32. The molecule has 2 amide bonds. The van der Waals surface area contributed by atoms with E-state index in [4.69, 9.17) is 16.3 Å². The fourth-order valence-electron chi connectivity index (χ4n) is 4.08. The number of nitrogens with one attached hydrogen (secondary N) is 1. The molecule has 3 rings (SSSR count). The summed E-state index contributed by atoms with van der Waals surface area (Å²) < 4.78 is 34.4. The first kappa shape index (κ1) is 32.0. The molecule has 41 heavy (non-hydrogen) atoms. The van der Waals surface area contributed by atoms with Crippen molar-refractivity contribution in [2.75, 3.05) is 17.5 Å². The number of sulfonamides is 1.